The van der Waals surface area contributed by atoms with E-state index in [0.717, 1.165) is 5.82 Å². The van der Waals surface area contributed by atoms with E-state index in [1.54, 1.807) is 0 Å². The third kappa shape index (κ3) is 4.22. The molecule has 2 N–H and O–H groups in total. The zero-order valence-corrected chi connectivity index (χ0v) is 10.9. The Balaban J connectivity index is 2.30. The molecule has 90 valence electrons. The third-order valence-corrected chi connectivity index (χ3v) is 3.15. The van der Waals surface area contributed by atoms with E-state index in [9.17, 15) is 4.79 Å². The fraction of sp³-hybridized carbons (Fsp3) is 0.700. The van der Waals surface area contributed by atoms with Crippen molar-refractivity contribution >= 4 is 17.7 Å². The average Bonchev–Trinajstić information content (AvgIpc) is 2.61. The summed E-state index contributed by atoms with van der Waals surface area (Å²) < 4.78 is 0. The molecule has 0 aliphatic heterocycles. The molecular weight excluding hydrogens is 224 g/mol. The van der Waals surface area contributed by atoms with Crippen LogP contribution >= 0.6 is 11.8 Å². The Morgan fingerprint density at radius 1 is 1.50 bits per heavy atom. The number of aryl methyl sites for hydroxylation is 1. The minimum atomic E-state index is 0.0219. The normalized spacial score (nSPS) is 12.8. The van der Waals surface area contributed by atoms with Gasteiger partial charge in [0.05, 0.1) is 5.75 Å². The van der Waals surface area contributed by atoms with Crippen molar-refractivity contribution in [2.75, 3.05) is 5.75 Å². The number of rotatable bonds is 5. The van der Waals surface area contributed by atoms with Crippen molar-refractivity contribution in [1.82, 2.24) is 20.5 Å². The first-order chi connectivity index (χ1) is 7.49. The molecule has 1 aromatic rings. The molecule has 0 radical (unpaired) electrons. The molecule has 1 rings (SSSR count). The van der Waals surface area contributed by atoms with Crippen molar-refractivity contribution in [2.24, 2.45) is 5.92 Å². The molecule has 0 spiro atoms. The van der Waals surface area contributed by atoms with Gasteiger partial charge in [-0.3, -0.25) is 9.89 Å². The number of carbonyl (C=O) groups is 1. The highest BCUT2D eigenvalue weighted by atomic mass is 32.2. The van der Waals surface area contributed by atoms with E-state index in [-0.39, 0.29) is 11.9 Å². The highest BCUT2D eigenvalue weighted by Crippen LogP contribution is 2.11. The molecule has 1 heterocycles. The maximum absolute atomic E-state index is 11.5. The lowest BCUT2D eigenvalue weighted by atomic mass is 10.1. The first-order valence-electron chi connectivity index (χ1n) is 5.30. The van der Waals surface area contributed by atoms with Gasteiger partial charge in [0.1, 0.15) is 5.82 Å². The van der Waals surface area contributed by atoms with E-state index >= 15 is 0 Å². The molecule has 16 heavy (non-hydrogen) atoms. The third-order valence-electron chi connectivity index (χ3n) is 2.30. The van der Waals surface area contributed by atoms with E-state index in [1.165, 1.54) is 11.8 Å². The van der Waals surface area contributed by atoms with E-state index in [0.29, 0.717) is 16.8 Å². The highest BCUT2D eigenvalue weighted by molar-refractivity contribution is 7.99. The molecule has 0 saturated carbocycles. The first kappa shape index (κ1) is 13.0. The Hall–Kier alpha value is -1.04. The molecule has 0 aromatic carbocycles. The summed E-state index contributed by atoms with van der Waals surface area (Å²) in [6.07, 6.45) is 0. The lowest BCUT2D eigenvalue weighted by Gasteiger charge is -2.16. The molecule has 0 bridgehead atoms. The van der Waals surface area contributed by atoms with Crippen LogP contribution < -0.4 is 5.32 Å². The van der Waals surface area contributed by atoms with Crippen molar-refractivity contribution in [2.45, 2.75) is 38.9 Å². The van der Waals surface area contributed by atoms with Gasteiger partial charge in [0.15, 0.2) is 0 Å². The van der Waals surface area contributed by atoms with Crippen LogP contribution in [0.4, 0.5) is 0 Å². The monoisotopic (exact) mass is 242 g/mol. The standard InChI is InChI=1S/C10H18N4OS/c1-6(2)7(3)11-9(15)5-16-10-12-8(4)13-14-10/h6-7H,5H2,1-4H3,(H,11,15)(H,12,13,14). The fourth-order valence-electron chi connectivity index (χ4n) is 0.979. The van der Waals surface area contributed by atoms with Crippen LogP contribution in [0.3, 0.4) is 0 Å². The molecule has 6 heteroatoms. The van der Waals surface area contributed by atoms with Gasteiger partial charge in [-0.2, -0.15) is 0 Å². The predicted molar refractivity (Wildman–Crippen MR) is 64.3 cm³/mol. The second-order valence-corrected chi connectivity index (χ2v) is 5.03. The summed E-state index contributed by atoms with van der Waals surface area (Å²) in [5.74, 6) is 1.58. The summed E-state index contributed by atoms with van der Waals surface area (Å²) in [5, 5.41) is 10.2. The van der Waals surface area contributed by atoms with Crippen LogP contribution in [-0.2, 0) is 4.79 Å². The number of H-pyrrole nitrogens is 1. The van der Waals surface area contributed by atoms with Gasteiger partial charge >= 0.3 is 0 Å². The van der Waals surface area contributed by atoms with Crippen molar-refractivity contribution in [3.05, 3.63) is 5.82 Å². The molecule has 1 atom stereocenters. The smallest absolute Gasteiger partial charge is 0.230 e. The summed E-state index contributed by atoms with van der Waals surface area (Å²) in [6, 6.07) is 0.196. The molecule has 1 amide bonds. The summed E-state index contributed by atoms with van der Waals surface area (Å²) in [5.41, 5.74) is 0. The Kier molecular flexibility index (Phi) is 4.79. The largest absolute Gasteiger partial charge is 0.353 e. The Morgan fingerprint density at radius 3 is 2.69 bits per heavy atom. The van der Waals surface area contributed by atoms with Crippen LogP contribution in [0.1, 0.15) is 26.6 Å². The molecule has 1 aromatic heterocycles. The van der Waals surface area contributed by atoms with Crippen LogP contribution in [0.25, 0.3) is 0 Å². The van der Waals surface area contributed by atoms with Gasteiger partial charge in [-0.15, -0.1) is 5.10 Å². The van der Waals surface area contributed by atoms with Gasteiger partial charge in [-0.25, -0.2) is 4.98 Å². The molecular formula is C10H18N4OS. The Bertz CT molecular complexity index is 350. The number of amides is 1. The van der Waals surface area contributed by atoms with Crippen molar-refractivity contribution in [3.63, 3.8) is 0 Å². The molecule has 5 nitrogen and oxygen atoms in total. The summed E-state index contributed by atoms with van der Waals surface area (Å²) in [7, 11) is 0. The Morgan fingerprint density at radius 2 is 2.19 bits per heavy atom. The van der Waals surface area contributed by atoms with E-state index in [4.69, 9.17) is 0 Å². The summed E-state index contributed by atoms with van der Waals surface area (Å²) in [4.78, 5) is 15.7. The number of hydrogen-bond acceptors (Lipinski definition) is 4. The van der Waals surface area contributed by atoms with Gasteiger partial charge in [0, 0.05) is 6.04 Å². The molecule has 0 aliphatic rings. The predicted octanol–water partition coefficient (Wildman–Crippen LogP) is 1.37. The summed E-state index contributed by atoms with van der Waals surface area (Å²) >= 11 is 1.34. The average molecular weight is 242 g/mol. The zero-order chi connectivity index (χ0) is 12.1. The maximum Gasteiger partial charge on any atom is 0.230 e. The minimum absolute atomic E-state index is 0.0219. The molecule has 0 fully saturated rings. The summed E-state index contributed by atoms with van der Waals surface area (Å²) in [6.45, 7) is 8.00. The number of thioether (sulfide) groups is 1. The van der Waals surface area contributed by atoms with E-state index in [2.05, 4.69) is 34.3 Å². The number of hydrogen-bond donors (Lipinski definition) is 2. The SMILES string of the molecule is Cc1nc(SCC(=O)NC(C)C(C)C)n[nH]1. The maximum atomic E-state index is 11.5. The molecule has 0 saturated heterocycles. The van der Waals surface area contributed by atoms with Gasteiger partial charge in [0.2, 0.25) is 11.1 Å². The van der Waals surface area contributed by atoms with Gasteiger partial charge in [-0.1, -0.05) is 25.6 Å². The van der Waals surface area contributed by atoms with Crippen LogP contribution in [0.2, 0.25) is 0 Å². The lowest BCUT2D eigenvalue weighted by molar-refractivity contribution is -0.119. The minimum Gasteiger partial charge on any atom is -0.353 e. The Labute approximate surface area is 99.8 Å². The van der Waals surface area contributed by atoms with Crippen molar-refractivity contribution in [3.8, 4) is 0 Å². The van der Waals surface area contributed by atoms with Gasteiger partial charge < -0.3 is 5.32 Å². The zero-order valence-electron chi connectivity index (χ0n) is 10.1. The number of aromatic nitrogens is 3. The van der Waals surface area contributed by atoms with Crippen molar-refractivity contribution in [1.29, 1.82) is 0 Å². The molecule has 1 unspecified atom stereocenters. The van der Waals surface area contributed by atoms with Gasteiger partial charge in [-0.05, 0) is 19.8 Å². The van der Waals surface area contributed by atoms with E-state index in [1.807, 2.05) is 13.8 Å². The number of nitrogens with zero attached hydrogens (tertiary/aromatic N) is 2. The number of carbonyl (C=O) groups excluding carboxylic acids is 1. The second kappa shape index (κ2) is 5.89. The number of nitrogens with one attached hydrogen (secondary N) is 2. The van der Waals surface area contributed by atoms with Gasteiger partial charge in [0.25, 0.3) is 0 Å². The van der Waals surface area contributed by atoms with Crippen LogP contribution in [0.15, 0.2) is 5.16 Å². The second-order valence-electron chi connectivity index (χ2n) is 4.09. The first-order valence-corrected chi connectivity index (χ1v) is 6.28. The molecule has 0 aliphatic carbocycles. The fourth-order valence-corrected chi connectivity index (χ4v) is 1.63. The van der Waals surface area contributed by atoms with Crippen LogP contribution in [0, 0.1) is 12.8 Å². The van der Waals surface area contributed by atoms with E-state index < -0.39 is 0 Å². The highest BCUT2D eigenvalue weighted by Gasteiger charge is 2.11. The van der Waals surface area contributed by atoms with Crippen LogP contribution in [0.5, 0.6) is 0 Å². The lowest BCUT2D eigenvalue weighted by Crippen LogP contribution is -2.37. The van der Waals surface area contributed by atoms with Crippen LogP contribution in [-0.4, -0.2) is 32.9 Å². The van der Waals surface area contributed by atoms with Crippen molar-refractivity contribution < 1.29 is 4.79 Å². The topological polar surface area (TPSA) is 70.7 Å². The quantitative estimate of drug-likeness (QED) is 0.765. The number of aromatic amines is 1.